The van der Waals surface area contributed by atoms with Crippen molar-refractivity contribution in [1.29, 1.82) is 0 Å². The molecule has 0 unspecified atom stereocenters. The number of carbonyl (C=O) groups excluding carboxylic acids is 2. The van der Waals surface area contributed by atoms with Crippen LogP contribution >= 0.6 is 0 Å². The maximum atomic E-state index is 14.3. The number of aromatic nitrogens is 1. The van der Waals surface area contributed by atoms with E-state index < -0.39 is 40.6 Å². The second kappa shape index (κ2) is 11.5. The number of oxime groups is 1. The predicted octanol–water partition coefficient (Wildman–Crippen LogP) is 3.82. The SMILES string of the molecule is COc1ccc(CN2C(C)=NO[C@]23CC[C@H](C)N2C[C@H]3n3cc(C(=O)NCc4ccc(F)cc4F)c(=O)c(OC)c3C2=O)cc1. The molecule has 4 heterocycles. The smallest absolute Gasteiger partial charge is 0.274 e. The molecule has 236 valence electrons. The van der Waals surface area contributed by atoms with Crippen molar-refractivity contribution in [2.75, 3.05) is 20.8 Å². The van der Waals surface area contributed by atoms with E-state index >= 15 is 0 Å². The van der Waals surface area contributed by atoms with Gasteiger partial charge in [-0.15, -0.1) is 0 Å². The molecule has 2 aromatic carbocycles. The molecule has 3 aromatic rings. The summed E-state index contributed by atoms with van der Waals surface area (Å²) in [6, 6.07) is 9.86. The number of methoxy groups -OCH3 is 2. The Labute approximate surface area is 258 Å². The summed E-state index contributed by atoms with van der Waals surface area (Å²) in [5.74, 6) is -1.71. The Hall–Kier alpha value is -4.94. The second-order valence-corrected chi connectivity index (χ2v) is 11.4. The maximum absolute atomic E-state index is 14.3. The van der Waals surface area contributed by atoms with Gasteiger partial charge in [-0.1, -0.05) is 23.4 Å². The molecule has 3 atom stereocenters. The van der Waals surface area contributed by atoms with Gasteiger partial charge in [-0.2, -0.15) is 0 Å². The third-order valence-corrected chi connectivity index (χ3v) is 8.92. The molecule has 1 saturated heterocycles. The van der Waals surface area contributed by atoms with Crippen molar-refractivity contribution >= 4 is 17.6 Å². The standard InChI is InChI=1S/C32H33F2N5O6/c1-18-11-12-32(39(19(2)36-45-32)15-20-5-9-23(43-3)10-6-20)26-17-37(18)31(42)27-29(44-4)28(40)24(16-38(26)27)30(41)35-14-21-7-8-22(33)13-25(21)34/h5-10,13,16,18,26H,11-12,14-15,17H2,1-4H3,(H,35,41)/t18-,26+,32-/m0/s1. The van der Waals surface area contributed by atoms with Crippen LogP contribution in [-0.2, 0) is 17.9 Å². The zero-order chi connectivity index (χ0) is 32.0. The predicted molar refractivity (Wildman–Crippen MR) is 159 cm³/mol. The summed E-state index contributed by atoms with van der Waals surface area (Å²) in [5.41, 5.74) is -1.14. The number of nitrogens with one attached hydrogen (secondary N) is 1. The molecule has 11 nitrogen and oxygen atoms in total. The average Bonchev–Trinajstić information content (AvgIpc) is 3.27. The number of carbonyl (C=O) groups is 2. The van der Waals surface area contributed by atoms with Gasteiger partial charge >= 0.3 is 0 Å². The molecule has 1 fully saturated rings. The molecule has 0 saturated carbocycles. The van der Waals surface area contributed by atoms with E-state index in [9.17, 15) is 23.2 Å². The second-order valence-electron chi connectivity index (χ2n) is 11.4. The van der Waals surface area contributed by atoms with E-state index in [4.69, 9.17) is 14.3 Å². The first kappa shape index (κ1) is 30.1. The molecule has 2 amide bonds. The van der Waals surface area contributed by atoms with Gasteiger partial charge in [0.2, 0.25) is 11.2 Å². The molecule has 0 radical (unpaired) electrons. The molecule has 2 bridgehead atoms. The van der Waals surface area contributed by atoms with Gasteiger partial charge in [-0.3, -0.25) is 14.4 Å². The number of benzene rings is 2. The van der Waals surface area contributed by atoms with Crippen molar-refractivity contribution in [2.45, 2.75) is 57.6 Å². The summed E-state index contributed by atoms with van der Waals surface area (Å²) < 4.78 is 40.0. The average molecular weight is 622 g/mol. The van der Waals surface area contributed by atoms with Crippen molar-refractivity contribution in [3.63, 3.8) is 0 Å². The third kappa shape index (κ3) is 5.05. The summed E-state index contributed by atoms with van der Waals surface area (Å²) in [5, 5.41) is 6.93. The van der Waals surface area contributed by atoms with Crippen molar-refractivity contribution < 1.29 is 32.7 Å². The van der Waals surface area contributed by atoms with Crippen LogP contribution in [-0.4, -0.2) is 64.5 Å². The monoisotopic (exact) mass is 621 g/mol. The van der Waals surface area contributed by atoms with Crippen LogP contribution < -0.4 is 20.2 Å². The largest absolute Gasteiger partial charge is 0.497 e. The molecule has 6 rings (SSSR count). The number of hydrogen-bond acceptors (Lipinski definition) is 8. The number of pyridine rings is 1. The Bertz CT molecular complexity index is 1760. The van der Waals surface area contributed by atoms with Gasteiger partial charge < -0.3 is 34.0 Å². The highest BCUT2D eigenvalue weighted by Gasteiger charge is 2.57. The van der Waals surface area contributed by atoms with Crippen LogP contribution in [0.25, 0.3) is 0 Å². The number of nitrogens with zero attached hydrogens (tertiary/aromatic N) is 4. The van der Waals surface area contributed by atoms with Gasteiger partial charge in [-0.05, 0) is 44.0 Å². The summed E-state index contributed by atoms with van der Waals surface area (Å²) in [7, 11) is 2.87. The summed E-state index contributed by atoms with van der Waals surface area (Å²) in [4.78, 5) is 51.0. The van der Waals surface area contributed by atoms with Gasteiger partial charge in [0.05, 0.1) is 14.2 Å². The molecule has 13 heteroatoms. The topological polar surface area (TPSA) is 115 Å². The number of halogens is 2. The van der Waals surface area contributed by atoms with Crippen LogP contribution in [0.5, 0.6) is 11.5 Å². The fourth-order valence-electron chi connectivity index (χ4n) is 6.42. The molecule has 1 spiro atoms. The van der Waals surface area contributed by atoms with Crippen molar-refractivity contribution in [3.8, 4) is 11.5 Å². The lowest BCUT2D eigenvalue weighted by Crippen LogP contribution is -2.58. The molecule has 1 aromatic heterocycles. The van der Waals surface area contributed by atoms with Crippen LogP contribution in [0.3, 0.4) is 0 Å². The first-order valence-electron chi connectivity index (χ1n) is 14.6. The van der Waals surface area contributed by atoms with Crippen LogP contribution in [0, 0.1) is 11.6 Å². The lowest BCUT2D eigenvalue weighted by Gasteiger charge is -2.45. The van der Waals surface area contributed by atoms with E-state index in [0.717, 1.165) is 17.4 Å². The Morgan fingerprint density at radius 2 is 1.89 bits per heavy atom. The normalized spacial score (nSPS) is 22.0. The van der Waals surface area contributed by atoms with Gasteiger partial charge in [0, 0.05) is 49.9 Å². The molecule has 45 heavy (non-hydrogen) atoms. The number of amidine groups is 1. The molecular weight excluding hydrogens is 588 g/mol. The highest BCUT2D eigenvalue weighted by Crippen LogP contribution is 2.47. The lowest BCUT2D eigenvalue weighted by molar-refractivity contribution is -0.142. The summed E-state index contributed by atoms with van der Waals surface area (Å²) in [6.45, 7) is 4.15. The molecule has 1 N–H and O–H groups in total. The van der Waals surface area contributed by atoms with Crippen molar-refractivity contribution in [2.24, 2.45) is 5.16 Å². The maximum Gasteiger partial charge on any atom is 0.274 e. The molecule has 3 aliphatic heterocycles. The highest BCUT2D eigenvalue weighted by molar-refractivity contribution is 5.99. The molecule has 3 aliphatic rings. The molecule has 0 aliphatic carbocycles. The van der Waals surface area contributed by atoms with E-state index in [1.54, 1.807) is 16.6 Å². The fraction of sp³-hybridized carbons (Fsp3) is 0.375. The van der Waals surface area contributed by atoms with Crippen molar-refractivity contribution in [3.05, 3.63) is 92.9 Å². The third-order valence-electron chi connectivity index (χ3n) is 8.92. The van der Waals surface area contributed by atoms with Gasteiger partial charge in [0.1, 0.15) is 34.8 Å². The Kier molecular flexibility index (Phi) is 7.71. The highest BCUT2D eigenvalue weighted by atomic mass is 19.1. The molecular formula is C32H33F2N5O6. The first-order valence-corrected chi connectivity index (χ1v) is 14.6. The number of hydrogen-bond donors (Lipinski definition) is 1. The summed E-state index contributed by atoms with van der Waals surface area (Å²) >= 11 is 0. The van der Waals surface area contributed by atoms with Crippen LogP contribution in [0.4, 0.5) is 8.78 Å². The van der Waals surface area contributed by atoms with E-state index in [0.29, 0.717) is 31.3 Å². The van der Waals surface area contributed by atoms with Crippen molar-refractivity contribution in [1.82, 2.24) is 19.7 Å². The Morgan fingerprint density at radius 3 is 2.58 bits per heavy atom. The van der Waals surface area contributed by atoms with E-state index in [-0.39, 0.29) is 41.7 Å². The summed E-state index contributed by atoms with van der Waals surface area (Å²) in [6.07, 6.45) is 2.41. The first-order chi connectivity index (χ1) is 21.6. The van der Waals surface area contributed by atoms with E-state index in [1.807, 2.05) is 38.1 Å². The number of fused-ring (bicyclic) bond motifs is 5. The van der Waals surface area contributed by atoms with E-state index in [1.165, 1.54) is 19.4 Å². The van der Waals surface area contributed by atoms with Gasteiger partial charge in [-0.25, -0.2) is 8.78 Å². The quantitative estimate of drug-likeness (QED) is 0.427. The van der Waals surface area contributed by atoms with Crippen LogP contribution in [0.2, 0.25) is 0 Å². The van der Waals surface area contributed by atoms with Gasteiger partial charge in [0.15, 0.2) is 11.4 Å². The van der Waals surface area contributed by atoms with E-state index in [2.05, 4.69) is 15.4 Å². The minimum Gasteiger partial charge on any atom is -0.497 e. The fourth-order valence-corrected chi connectivity index (χ4v) is 6.42. The number of rotatable bonds is 7. The lowest BCUT2D eigenvalue weighted by atomic mass is 9.93. The Balaban J connectivity index is 1.43. The minimum atomic E-state index is -1.08. The van der Waals surface area contributed by atoms with Gasteiger partial charge in [0.25, 0.3) is 11.8 Å². The Morgan fingerprint density at radius 1 is 1.13 bits per heavy atom. The number of amides is 2. The van der Waals surface area contributed by atoms with Crippen LogP contribution in [0.1, 0.15) is 64.7 Å². The van der Waals surface area contributed by atoms with Crippen LogP contribution in [0.15, 0.2) is 58.6 Å². The zero-order valence-electron chi connectivity index (χ0n) is 25.3. The zero-order valence-corrected chi connectivity index (χ0v) is 25.3. The number of ether oxygens (including phenoxy) is 2. The minimum absolute atomic E-state index is 0.00514.